The standard InChI is InChI=1S/C17H19F3N4O2/c18-17(19,20)12-4-3-5-13(8-12)22-16(25)23-14-9-21-24(10-14)11-15-6-1-2-7-26-15/h3-5,8-10,15H,1-2,6-7,11H2,(H2,22,23,25). The molecule has 0 bridgehead atoms. The molecule has 1 fully saturated rings. The SMILES string of the molecule is O=C(Nc1cccc(C(F)(F)F)c1)Nc1cnn(CC2CCCCO2)c1. The summed E-state index contributed by atoms with van der Waals surface area (Å²) in [5.41, 5.74) is -0.318. The van der Waals surface area contributed by atoms with Crippen LogP contribution in [-0.2, 0) is 17.5 Å². The van der Waals surface area contributed by atoms with Crippen LogP contribution >= 0.6 is 0 Å². The Kier molecular flexibility index (Phi) is 5.46. The van der Waals surface area contributed by atoms with Gasteiger partial charge in [0.15, 0.2) is 0 Å². The smallest absolute Gasteiger partial charge is 0.376 e. The summed E-state index contributed by atoms with van der Waals surface area (Å²) in [6.07, 6.45) is 1.94. The molecule has 3 rings (SSSR count). The molecule has 2 amide bonds. The van der Waals surface area contributed by atoms with Crippen molar-refractivity contribution in [3.05, 3.63) is 42.2 Å². The van der Waals surface area contributed by atoms with E-state index in [0.717, 1.165) is 38.0 Å². The minimum atomic E-state index is -4.46. The molecular formula is C17H19F3N4O2. The van der Waals surface area contributed by atoms with Gasteiger partial charge in [-0.25, -0.2) is 4.79 Å². The molecule has 0 aliphatic carbocycles. The number of ether oxygens (including phenoxy) is 1. The van der Waals surface area contributed by atoms with Crippen molar-refractivity contribution in [3.8, 4) is 0 Å². The molecular weight excluding hydrogens is 349 g/mol. The zero-order chi connectivity index (χ0) is 18.6. The van der Waals surface area contributed by atoms with Gasteiger partial charge in [0.25, 0.3) is 0 Å². The molecule has 2 N–H and O–H groups in total. The molecule has 140 valence electrons. The Labute approximate surface area is 148 Å². The summed E-state index contributed by atoms with van der Waals surface area (Å²) < 4.78 is 45.4. The van der Waals surface area contributed by atoms with Gasteiger partial charge >= 0.3 is 12.2 Å². The van der Waals surface area contributed by atoms with E-state index in [2.05, 4.69) is 15.7 Å². The first-order chi connectivity index (χ1) is 12.4. The molecule has 2 heterocycles. The van der Waals surface area contributed by atoms with Crippen molar-refractivity contribution in [3.63, 3.8) is 0 Å². The maximum Gasteiger partial charge on any atom is 0.416 e. The molecule has 1 aromatic heterocycles. The number of carbonyl (C=O) groups is 1. The number of alkyl halides is 3. The van der Waals surface area contributed by atoms with Crippen LogP contribution in [0.15, 0.2) is 36.7 Å². The zero-order valence-electron chi connectivity index (χ0n) is 13.9. The average Bonchev–Trinajstić information content (AvgIpc) is 3.02. The largest absolute Gasteiger partial charge is 0.416 e. The van der Waals surface area contributed by atoms with Crippen molar-refractivity contribution in [1.29, 1.82) is 0 Å². The summed E-state index contributed by atoms with van der Waals surface area (Å²) in [7, 11) is 0. The molecule has 1 aliphatic heterocycles. The Balaban J connectivity index is 1.55. The number of nitrogens with zero attached hydrogens (tertiary/aromatic N) is 2. The highest BCUT2D eigenvalue weighted by Gasteiger charge is 2.30. The van der Waals surface area contributed by atoms with Crippen LogP contribution in [0, 0.1) is 0 Å². The van der Waals surface area contributed by atoms with Crippen molar-refractivity contribution >= 4 is 17.4 Å². The second-order valence-corrected chi connectivity index (χ2v) is 6.10. The first kappa shape index (κ1) is 18.2. The molecule has 1 atom stereocenters. The maximum absolute atomic E-state index is 12.7. The van der Waals surface area contributed by atoms with Gasteiger partial charge in [0.2, 0.25) is 0 Å². The van der Waals surface area contributed by atoms with Crippen LogP contribution in [-0.4, -0.2) is 28.5 Å². The Hall–Kier alpha value is -2.55. The van der Waals surface area contributed by atoms with Crippen LogP contribution in [0.5, 0.6) is 0 Å². The zero-order valence-corrected chi connectivity index (χ0v) is 13.9. The number of hydrogen-bond donors (Lipinski definition) is 2. The Morgan fingerprint density at radius 3 is 2.81 bits per heavy atom. The molecule has 1 aliphatic rings. The van der Waals surface area contributed by atoms with Crippen LogP contribution in [0.2, 0.25) is 0 Å². The van der Waals surface area contributed by atoms with Gasteiger partial charge in [0.05, 0.1) is 30.1 Å². The van der Waals surface area contributed by atoms with Crippen LogP contribution in [0.3, 0.4) is 0 Å². The van der Waals surface area contributed by atoms with E-state index < -0.39 is 17.8 Å². The van der Waals surface area contributed by atoms with Crippen molar-refractivity contribution in [1.82, 2.24) is 9.78 Å². The van der Waals surface area contributed by atoms with E-state index in [0.29, 0.717) is 12.2 Å². The highest BCUT2D eigenvalue weighted by Crippen LogP contribution is 2.30. The second kappa shape index (κ2) is 7.77. The van der Waals surface area contributed by atoms with E-state index in [-0.39, 0.29) is 11.8 Å². The van der Waals surface area contributed by atoms with Gasteiger partial charge in [0, 0.05) is 18.5 Å². The minimum absolute atomic E-state index is 0.0559. The van der Waals surface area contributed by atoms with Gasteiger partial charge < -0.3 is 15.4 Å². The highest BCUT2D eigenvalue weighted by molar-refractivity contribution is 5.99. The number of carbonyl (C=O) groups excluding carboxylic acids is 1. The fraction of sp³-hybridized carbons (Fsp3) is 0.412. The van der Waals surface area contributed by atoms with Gasteiger partial charge in [-0.3, -0.25) is 4.68 Å². The molecule has 2 aromatic rings. The van der Waals surface area contributed by atoms with E-state index in [9.17, 15) is 18.0 Å². The van der Waals surface area contributed by atoms with Crippen LogP contribution in [0.25, 0.3) is 0 Å². The van der Waals surface area contributed by atoms with Crippen LogP contribution < -0.4 is 10.6 Å². The van der Waals surface area contributed by atoms with Crippen molar-refractivity contribution in [2.45, 2.75) is 38.1 Å². The van der Waals surface area contributed by atoms with Crippen molar-refractivity contribution < 1.29 is 22.7 Å². The number of halogens is 3. The summed E-state index contributed by atoms with van der Waals surface area (Å²) >= 11 is 0. The molecule has 0 spiro atoms. The van der Waals surface area contributed by atoms with Crippen LogP contribution in [0.4, 0.5) is 29.3 Å². The molecule has 9 heteroatoms. The Bertz CT molecular complexity index is 754. The topological polar surface area (TPSA) is 68.2 Å². The number of nitrogens with one attached hydrogen (secondary N) is 2. The van der Waals surface area contributed by atoms with E-state index in [1.54, 1.807) is 10.9 Å². The Morgan fingerprint density at radius 2 is 2.08 bits per heavy atom. The van der Waals surface area contributed by atoms with E-state index in [1.807, 2.05) is 0 Å². The lowest BCUT2D eigenvalue weighted by molar-refractivity contribution is -0.137. The van der Waals surface area contributed by atoms with E-state index in [1.165, 1.54) is 18.3 Å². The number of benzene rings is 1. The lowest BCUT2D eigenvalue weighted by atomic mass is 10.1. The molecule has 1 aromatic carbocycles. The third kappa shape index (κ3) is 4.98. The molecule has 26 heavy (non-hydrogen) atoms. The van der Waals surface area contributed by atoms with E-state index >= 15 is 0 Å². The summed E-state index contributed by atoms with van der Waals surface area (Å²) in [5, 5.41) is 9.09. The lowest BCUT2D eigenvalue weighted by Crippen LogP contribution is -2.24. The quantitative estimate of drug-likeness (QED) is 0.853. The average molecular weight is 368 g/mol. The van der Waals surface area contributed by atoms with Gasteiger partial charge in [-0.1, -0.05) is 6.07 Å². The third-order valence-electron chi connectivity index (χ3n) is 4.00. The molecule has 6 nitrogen and oxygen atoms in total. The minimum Gasteiger partial charge on any atom is -0.376 e. The molecule has 0 radical (unpaired) electrons. The molecule has 0 saturated carbocycles. The van der Waals surface area contributed by atoms with Crippen molar-refractivity contribution in [2.75, 3.05) is 17.2 Å². The normalized spacial score (nSPS) is 17.7. The van der Waals surface area contributed by atoms with Gasteiger partial charge in [-0.15, -0.1) is 0 Å². The first-order valence-electron chi connectivity index (χ1n) is 8.29. The highest BCUT2D eigenvalue weighted by atomic mass is 19.4. The predicted octanol–water partition coefficient (Wildman–Crippen LogP) is 4.12. The summed E-state index contributed by atoms with van der Waals surface area (Å²) in [4.78, 5) is 12.0. The van der Waals surface area contributed by atoms with Gasteiger partial charge in [0.1, 0.15) is 0 Å². The number of hydrogen-bond acceptors (Lipinski definition) is 3. The number of aromatic nitrogens is 2. The molecule has 1 saturated heterocycles. The van der Waals surface area contributed by atoms with Gasteiger partial charge in [-0.05, 0) is 37.5 Å². The summed E-state index contributed by atoms with van der Waals surface area (Å²) in [5.74, 6) is 0. The second-order valence-electron chi connectivity index (χ2n) is 6.10. The fourth-order valence-corrected chi connectivity index (χ4v) is 2.75. The summed E-state index contributed by atoms with van der Waals surface area (Å²) in [6, 6.07) is 3.81. The first-order valence-corrected chi connectivity index (χ1v) is 8.29. The van der Waals surface area contributed by atoms with Crippen molar-refractivity contribution in [2.24, 2.45) is 0 Å². The van der Waals surface area contributed by atoms with Crippen LogP contribution in [0.1, 0.15) is 24.8 Å². The summed E-state index contributed by atoms with van der Waals surface area (Å²) in [6.45, 7) is 1.34. The monoisotopic (exact) mass is 368 g/mol. The fourth-order valence-electron chi connectivity index (χ4n) is 2.75. The third-order valence-corrected chi connectivity index (χ3v) is 4.00. The van der Waals surface area contributed by atoms with E-state index in [4.69, 9.17) is 4.74 Å². The number of urea groups is 1. The molecule has 1 unspecified atom stereocenters. The lowest BCUT2D eigenvalue weighted by Gasteiger charge is -2.22. The number of anilines is 2. The van der Waals surface area contributed by atoms with Gasteiger partial charge in [-0.2, -0.15) is 18.3 Å². The Morgan fingerprint density at radius 1 is 1.27 bits per heavy atom. The maximum atomic E-state index is 12.7. The predicted molar refractivity (Wildman–Crippen MR) is 89.9 cm³/mol. The number of amides is 2. The number of rotatable bonds is 4.